The molecule has 1 aromatic rings. The van der Waals surface area contributed by atoms with Crippen LogP contribution >= 0.6 is 11.8 Å². The first-order valence-corrected chi connectivity index (χ1v) is 8.06. The number of hydrogen-bond donors (Lipinski definition) is 1. The Hall–Kier alpha value is -1.17. The number of carbonyl (C=O) groups excluding carboxylic acids is 1. The van der Waals surface area contributed by atoms with E-state index in [1.165, 1.54) is 0 Å². The molecule has 1 atom stereocenters. The molecule has 0 aliphatic carbocycles. The van der Waals surface area contributed by atoms with Crippen LogP contribution in [0.5, 0.6) is 0 Å². The summed E-state index contributed by atoms with van der Waals surface area (Å²) in [5, 5.41) is 7.68. The van der Waals surface area contributed by atoms with Gasteiger partial charge in [0.1, 0.15) is 5.69 Å². The number of carbonyl (C=O) groups is 1. The third kappa shape index (κ3) is 2.22. The number of anilines is 2. The second-order valence-corrected chi connectivity index (χ2v) is 6.34. The van der Waals surface area contributed by atoms with Crippen molar-refractivity contribution >= 4 is 29.2 Å². The van der Waals surface area contributed by atoms with Gasteiger partial charge in [-0.3, -0.25) is 9.48 Å². The fraction of sp³-hybridized carbons (Fsp3) is 0.692. The predicted molar refractivity (Wildman–Crippen MR) is 78.9 cm³/mol. The number of nitrogens with one attached hydrogen (secondary N) is 1. The van der Waals surface area contributed by atoms with Gasteiger partial charge < -0.3 is 10.2 Å². The van der Waals surface area contributed by atoms with E-state index in [-0.39, 0.29) is 5.91 Å². The minimum absolute atomic E-state index is 0.126. The average molecular weight is 280 g/mol. The van der Waals surface area contributed by atoms with Crippen molar-refractivity contribution in [2.75, 3.05) is 28.3 Å². The predicted octanol–water partition coefficient (Wildman–Crippen LogP) is 1.64. The molecule has 3 heterocycles. The van der Waals surface area contributed by atoms with E-state index in [1.54, 1.807) is 0 Å². The molecule has 5 nitrogen and oxygen atoms in total. The van der Waals surface area contributed by atoms with Crippen LogP contribution in [0.3, 0.4) is 0 Å². The fourth-order valence-corrected chi connectivity index (χ4v) is 4.01. The second kappa shape index (κ2) is 5.07. The second-order valence-electron chi connectivity index (χ2n) is 5.19. The van der Waals surface area contributed by atoms with Gasteiger partial charge in [-0.15, -0.1) is 0 Å². The first-order valence-electron chi connectivity index (χ1n) is 6.90. The van der Waals surface area contributed by atoms with Crippen LogP contribution in [0, 0.1) is 0 Å². The van der Waals surface area contributed by atoms with E-state index in [0.29, 0.717) is 12.5 Å². The number of aromatic nitrogens is 2. The van der Waals surface area contributed by atoms with Gasteiger partial charge in [0.15, 0.2) is 5.82 Å². The molecule has 2 aliphatic rings. The molecule has 1 amide bonds. The molecule has 0 spiro atoms. The first kappa shape index (κ1) is 12.8. The molecule has 0 saturated carbocycles. The maximum absolute atomic E-state index is 12.1. The molecule has 0 radical (unpaired) electrons. The summed E-state index contributed by atoms with van der Waals surface area (Å²) in [5.74, 6) is 3.38. The van der Waals surface area contributed by atoms with Crippen molar-refractivity contribution in [1.82, 2.24) is 9.78 Å². The van der Waals surface area contributed by atoms with E-state index in [1.807, 2.05) is 23.5 Å². The molecule has 1 N–H and O–H groups in total. The standard InChI is InChI=1S/C13H20N4OS/c1-3-4-10-12-13(16(2)15-10)17-5-6-19-8-9(17)7-11(18)14-12/h9H,3-8H2,1-2H3,(H,14,18). The van der Waals surface area contributed by atoms with Gasteiger partial charge in [-0.05, 0) is 6.42 Å². The van der Waals surface area contributed by atoms with E-state index in [9.17, 15) is 4.79 Å². The van der Waals surface area contributed by atoms with Crippen molar-refractivity contribution in [2.45, 2.75) is 32.2 Å². The molecule has 3 rings (SSSR count). The van der Waals surface area contributed by atoms with Crippen LogP contribution in [-0.4, -0.2) is 39.8 Å². The van der Waals surface area contributed by atoms with E-state index in [0.717, 1.165) is 48.1 Å². The van der Waals surface area contributed by atoms with Crippen LogP contribution in [0.25, 0.3) is 0 Å². The van der Waals surface area contributed by atoms with Crippen LogP contribution in [0.15, 0.2) is 0 Å². The van der Waals surface area contributed by atoms with Crippen LogP contribution < -0.4 is 10.2 Å². The fourth-order valence-electron chi connectivity index (χ4n) is 2.95. The minimum Gasteiger partial charge on any atom is -0.350 e. The molecular formula is C13H20N4OS. The molecule has 0 aromatic carbocycles. The number of rotatable bonds is 2. The Morgan fingerprint density at radius 1 is 1.53 bits per heavy atom. The lowest BCUT2D eigenvalue weighted by Gasteiger charge is -2.35. The average Bonchev–Trinajstić information content (AvgIpc) is 2.59. The van der Waals surface area contributed by atoms with E-state index in [4.69, 9.17) is 0 Å². The molecule has 1 saturated heterocycles. The lowest BCUT2D eigenvalue weighted by atomic mass is 10.2. The highest BCUT2D eigenvalue weighted by Crippen LogP contribution is 2.36. The molecule has 1 unspecified atom stereocenters. The zero-order valence-corrected chi connectivity index (χ0v) is 12.3. The Morgan fingerprint density at radius 3 is 3.16 bits per heavy atom. The molecule has 19 heavy (non-hydrogen) atoms. The summed E-state index contributed by atoms with van der Waals surface area (Å²) in [5.41, 5.74) is 1.97. The Bertz CT molecular complexity index is 499. The van der Waals surface area contributed by atoms with Crippen molar-refractivity contribution in [3.63, 3.8) is 0 Å². The highest BCUT2D eigenvalue weighted by Gasteiger charge is 2.34. The van der Waals surface area contributed by atoms with E-state index in [2.05, 4.69) is 22.2 Å². The molecule has 1 aromatic heterocycles. The normalized spacial score (nSPS) is 22.5. The van der Waals surface area contributed by atoms with Gasteiger partial charge in [0, 0.05) is 37.6 Å². The molecular weight excluding hydrogens is 260 g/mol. The van der Waals surface area contributed by atoms with Crippen LogP contribution in [0.4, 0.5) is 11.5 Å². The van der Waals surface area contributed by atoms with E-state index < -0.39 is 0 Å². The topological polar surface area (TPSA) is 50.2 Å². The Labute approximate surface area is 117 Å². The molecule has 104 valence electrons. The SMILES string of the molecule is CCCc1nn(C)c2c1NC(=O)CC1CSCCN21. The van der Waals surface area contributed by atoms with Gasteiger partial charge in [-0.2, -0.15) is 16.9 Å². The maximum Gasteiger partial charge on any atom is 0.226 e. The van der Waals surface area contributed by atoms with Crippen molar-refractivity contribution in [3.8, 4) is 0 Å². The van der Waals surface area contributed by atoms with Gasteiger partial charge in [0.2, 0.25) is 5.91 Å². The Balaban J connectivity index is 2.06. The summed E-state index contributed by atoms with van der Waals surface area (Å²) in [7, 11) is 1.98. The third-order valence-electron chi connectivity index (χ3n) is 3.76. The largest absolute Gasteiger partial charge is 0.350 e. The molecule has 6 heteroatoms. The number of aryl methyl sites for hydroxylation is 2. The maximum atomic E-state index is 12.1. The van der Waals surface area contributed by atoms with Crippen LogP contribution in [-0.2, 0) is 18.3 Å². The van der Waals surface area contributed by atoms with Crippen molar-refractivity contribution < 1.29 is 4.79 Å². The quantitative estimate of drug-likeness (QED) is 0.894. The van der Waals surface area contributed by atoms with Gasteiger partial charge in [-0.1, -0.05) is 13.3 Å². The smallest absolute Gasteiger partial charge is 0.226 e. The summed E-state index contributed by atoms with van der Waals surface area (Å²) in [6.07, 6.45) is 2.54. The van der Waals surface area contributed by atoms with Crippen molar-refractivity contribution in [2.24, 2.45) is 7.05 Å². The lowest BCUT2D eigenvalue weighted by molar-refractivity contribution is -0.116. The van der Waals surface area contributed by atoms with E-state index >= 15 is 0 Å². The van der Waals surface area contributed by atoms with Crippen LogP contribution in [0.1, 0.15) is 25.5 Å². The minimum atomic E-state index is 0.126. The van der Waals surface area contributed by atoms with Crippen LogP contribution in [0.2, 0.25) is 0 Å². The summed E-state index contributed by atoms with van der Waals surface area (Å²) < 4.78 is 1.94. The highest BCUT2D eigenvalue weighted by molar-refractivity contribution is 7.99. The Kier molecular flexibility index (Phi) is 3.43. The monoisotopic (exact) mass is 280 g/mol. The molecule has 1 fully saturated rings. The van der Waals surface area contributed by atoms with Gasteiger partial charge >= 0.3 is 0 Å². The number of nitrogens with zero attached hydrogens (tertiary/aromatic N) is 3. The van der Waals surface area contributed by atoms with Crippen molar-refractivity contribution in [3.05, 3.63) is 5.69 Å². The molecule has 0 bridgehead atoms. The number of hydrogen-bond acceptors (Lipinski definition) is 4. The highest BCUT2D eigenvalue weighted by atomic mass is 32.2. The summed E-state index contributed by atoms with van der Waals surface area (Å²) in [4.78, 5) is 14.5. The zero-order valence-electron chi connectivity index (χ0n) is 11.5. The van der Waals surface area contributed by atoms with Gasteiger partial charge in [0.05, 0.1) is 5.69 Å². The number of thioether (sulfide) groups is 1. The zero-order chi connectivity index (χ0) is 13.4. The number of amides is 1. The molecule has 2 aliphatic heterocycles. The third-order valence-corrected chi connectivity index (χ3v) is 4.85. The Morgan fingerprint density at radius 2 is 2.37 bits per heavy atom. The first-order chi connectivity index (χ1) is 9.20. The van der Waals surface area contributed by atoms with Gasteiger partial charge in [0.25, 0.3) is 0 Å². The van der Waals surface area contributed by atoms with Gasteiger partial charge in [-0.25, -0.2) is 0 Å². The summed E-state index contributed by atoms with van der Waals surface area (Å²) in [6.45, 7) is 3.14. The number of fused-ring (bicyclic) bond motifs is 3. The summed E-state index contributed by atoms with van der Waals surface area (Å²) in [6, 6.07) is 0.310. The lowest BCUT2D eigenvalue weighted by Crippen LogP contribution is -2.43. The van der Waals surface area contributed by atoms with Crippen molar-refractivity contribution in [1.29, 1.82) is 0 Å². The summed E-state index contributed by atoms with van der Waals surface area (Å²) >= 11 is 1.94.